The van der Waals surface area contributed by atoms with Crippen LogP contribution in [0.1, 0.15) is 26.7 Å². The van der Waals surface area contributed by atoms with Crippen molar-refractivity contribution in [3.8, 4) is 5.75 Å². The first-order chi connectivity index (χ1) is 8.72. The number of unbranched alkanes of at least 4 members (excludes halogenated alkanes) is 1. The van der Waals surface area contributed by atoms with Crippen LogP contribution in [0.25, 0.3) is 0 Å². The molecule has 0 fully saturated rings. The average Bonchev–Trinajstić information content (AvgIpc) is 2.35. The van der Waals surface area contributed by atoms with Crippen molar-refractivity contribution in [1.82, 2.24) is 0 Å². The molecule has 4 heteroatoms. The van der Waals surface area contributed by atoms with Crippen molar-refractivity contribution in [2.24, 2.45) is 0 Å². The van der Waals surface area contributed by atoms with Gasteiger partial charge in [-0.2, -0.15) is 0 Å². The summed E-state index contributed by atoms with van der Waals surface area (Å²) in [5, 5.41) is 2.70. The molecule has 0 radical (unpaired) electrons. The number of carbonyl (C=O) groups excluding carboxylic acids is 1. The average molecular weight is 251 g/mol. The van der Waals surface area contributed by atoms with Gasteiger partial charge in [-0.3, -0.25) is 4.79 Å². The molecule has 0 atom stereocenters. The molecule has 0 unspecified atom stereocenters. The predicted octanol–water partition coefficient (Wildman–Crippen LogP) is 2.84. The lowest BCUT2D eigenvalue weighted by Gasteiger charge is -2.08. The number of rotatable bonds is 8. The summed E-state index contributed by atoms with van der Waals surface area (Å²) < 4.78 is 10.9. The number of hydrogen-bond acceptors (Lipinski definition) is 3. The van der Waals surface area contributed by atoms with E-state index >= 15 is 0 Å². The van der Waals surface area contributed by atoms with Gasteiger partial charge in [-0.25, -0.2) is 0 Å². The Labute approximate surface area is 108 Å². The van der Waals surface area contributed by atoms with Crippen LogP contribution < -0.4 is 10.1 Å². The Morgan fingerprint density at radius 3 is 2.50 bits per heavy atom. The quantitative estimate of drug-likeness (QED) is 0.723. The van der Waals surface area contributed by atoms with E-state index in [1.54, 1.807) is 0 Å². The van der Waals surface area contributed by atoms with Gasteiger partial charge in [-0.15, -0.1) is 0 Å². The highest BCUT2D eigenvalue weighted by Crippen LogP contribution is 2.15. The zero-order valence-corrected chi connectivity index (χ0v) is 11.1. The summed E-state index contributed by atoms with van der Waals surface area (Å²) in [5.41, 5.74) is 0.772. The highest BCUT2D eigenvalue weighted by molar-refractivity contribution is 5.88. The first-order valence-electron chi connectivity index (χ1n) is 6.30. The van der Waals surface area contributed by atoms with Gasteiger partial charge in [0.25, 0.3) is 0 Å². The maximum Gasteiger partial charge on any atom is 0.221 e. The number of carbonyl (C=O) groups is 1. The molecule has 18 heavy (non-hydrogen) atoms. The Morgan fingerprint density at radius 2 is 1.89 bits per heavy atom. The predicted molar refractivity (Wildman–Crippen MR) is 72.0 cm³/mol. The third-order valence-corrected chi connectivity index (χ3v) is 2.31. The molecule has 0 saturated heterocycles. The van der Waals surface area contributed by atoms with Gasteiger partial charge in [0.05, 0.1) is 6.61 Å². The highest BCUT2D eigenvalue weighted by Gasteiger charge is 1.97. The fourth-order valence-electron chi connectivity index (χ4n) is 1.40. The van der Waals surface area contributed by atoms with Crippen LogP contribution in [0.15, 0.2) is 24.3 Å². The lowest BCUT2D eigenvalue weighted by molar-refractivity contribution is -0.114. The second kappa shape index (κ2) is 8.53. The molecule has 0 bridgehead atoms. The number of hydrogen-bond donors (Lipinski definition) is 1. The third-order valence-electron chi connectivity index (χ3n) is 2.31. The molecule has 0 spiro atoms. The van der Waals surface area contributed by atoms with Crippen molar-refractivity contribution >= 4 is 11.6 Å². The lowest BCUT2D eigenvalue weighted by atomic mass is 10.3. The second-order valence-corrected chi connectivity index (χ2v) is 4.02. The van der Waals surface area contributed by atoms with E-state index in [1.807, 2.05) is 24.3 Å². The summed E-state index contributed by atoms with van der Waals surface area (Å²) in [7, 11) is 0. The van der Waals surface area contributed by atoms with Crippen LogP contribution in [0.4, 0.5) is 5.69 Å². The fraction of sp³-hybridized carbons (Fsp3) is 0.500. The van der Waals surface area contributed by atoms with Crippen LogP contribution in [0.5, 0.6) is 5.75 Å². The summed E-state index contributed by atoms with van der Waals surface area (Å²) in [4.78, 5) is 10.8. The Morgan fingerprint density at radius 1 is 1.17 bits per heavy atom. The van der Waals surface area contributed by atoms with Gasteiger partial charge in [0, 0.05) is 19.2 Å². The zero-order chi connectivity index (χ0) is 13.2. The first-order valence-corrected chi connectivity index (χ1v) is 6.30. The van der Waals surface area contributed by atoms with E-state index in [4.69, 9.17) is 9.47 Å². The van der Waals surface area contributed by atoms with Gasteiger partial charge >= 0.3 is 0 Å². The molecular weight excluding hydrogens is 230 g/mol. The number of anilines is 1. The van der Waals surface area contributed by atoms with E-state index in [-0.39, 0.29) is 5.91 Å². The van der Waals surface area contributed by atoms with Crippen LogP contribution in [0.3, 0.4) is 0 Å². The van der Waals surface area contributed by atoms with Crippen molar-refractivity contribution in [2.45, 2.75) is 26.7 Å². The summed E-state index contributed by atoms with van der Waals surface area (Å²) >= 11 is 0. The normalized spacial score (nSPS) is 10.1. The second-order valence-electron chi connectivity index (χ2n) is 4.02. The molecule has 1 aromatic carbocycles. The maximum atomic E-state index is 10.8. The molecule has 1 rings (SSSR count). The topological polar surface area (TPSA) is 47.6 Å². The molecule has 0 heterocycles. The van der Waals surface area contributed by atoms with Crippen LogP contribution in [-0.2, 0) is 9.53 Å². The maximum absolute atomic E-state index is 10.8. The molecule has 0 aliphatic carbocycles. The Balaban J connectivity index is 2.20. The Bertz CT molecular complexity index is 349. The first kappa shape index (κ1) is 14.5. The largest absolute Gasteiger partial charge is 0.491 e. The van der Waals surface area contributed by atoms with Gasteiger partial charge < -0.3 is 14.8 Å². The summed E-state index contributed by atoms with van der Waals surface area (Å²) in [6, 6.07) is 7.29. The van der Waals surface area contributed by atoms with E-state index in [2.05, 4.69) is 12.2 Å². The highest BCUT2D eigenvalue weighted by atomic mass is 16.5. The fourth-order valence-corrected chi connectivity index (χ4v) is 1.40. The van der Waals surface area contributed by atoms with E-state index in [0.29, 0.717) is 13.2 Å². The van der Waals surface area contributed by atoms with E-state index in [0.717, 1.165) is 30.9 Å². The monoisotopic (exact) mass is 251 g/mol. The third kappa shape index (κ3) is 6.25. The van der Waals surface area contributed by atoms with E-state index in [9.17, 15) is 4.79 Å². The van der Waals surface area contributed by atoms with Crippen LogP contribution in [0, 0.1) is 0 Å². The molecule has 0 aliphatic heterocycles. The van der Waals surface area contributed by atoms with Crippen molar-refractivity contribution in [2.75, 3.05) is 25.1 Å². The van der Waals surface area contributed by atoms with Crippen molar-refractivity contribution in [3.63, 3.8) is 0 Å². The van der Waals surface area contributed by atoms with E-state index < -0.39 is 0 Å². The number of nitrogens with one attached hydrogen (secondary N) is 1. The lowest BCUT2D eigenvalue weighted by Crippen LogP contribution is -2.08. The molecular formula is C14H21NO3. The molecule has 1 amide bonds. The summed E-state index contributed by atoms with van der Waals surface area (Å²) in [6.45, 7) is 5.56. The number of amides is 1. The van der Waals surface area contributed by atoms with E-state index in [1.165, 1.54) is 6.92 Å². The van der Waals surface area contributed by atoms with Crippen molar-refractivity contribution in [3.05, 3.63) is 24.3 Å². The minimum atomic E-state index is -0.0759. The zero-order valence-electron chi connectivity index (χ0n) is 11.1. The molecule has 1 aromatic rings. The van der Waals surface area contributed by atoms with Gasteiger partial charge in [-0.05, 0) is 30.7 Å². The number of ether oxygens (including phenoxy) is 2. The minimum absolute atomic E-state index is 0.0759. The smallest absolute Gasteiger partial charge is 0.221 e. The van der Waals surface area contributed by atoms with Gasteiger partial charge in [0.1, 0.15) is 12.4 Å². The molecule has 1 N–H and O–H groups in total. The Hall–Kier alpha value is -1.55. The SMILES string of the molecule is CCCCOCCOc1ccc(NC(C)=O)cc1. The molecule has 4 nitrogen and oxygen atoms in total. The van der Waals surface area contributed by atoms with Crippen LogP contribution >= 0.6 is 0 Å². The van der Waals surface area contributed by atoms with Crippen molar-refractivity contribution < 1.29 is 14.3 Å². The minimum Gasteiger partial charge on any atom is -0.491 e. The van der Waals surface area contributed by atoms with Gasteiger partial charge in [-0.1, -0.05) is 13.3 Å². The molecule has 0 aliphatic rings. The van der Waals surface area contributed by atoms with Crippen LogP contribution in [0.2, 0.25) is 0 Å². The molecule has 100 valence electrons. The van der Waals surface area contributed by atoms with Gasteiger partial charge in [0.2, 0.25) is 5.91 Å². The van der Waals surface area contributed by atoms with Crippen molar-refractivity contribution in [1.29, 1.82) is 0 Å². The molecule has 0 saturated carbocycles. The number of benzene rings is 1. The summed E-state index contributed by atoms with van der Waals surface area (Å²) in [5.74, 6) is 0.705. The summed E-state index contributed by atoms with van der Waals surface area (Å²) in [6.07, 6.45) is 2.23. The standard InChI is InChI=1S/C14H21NO3/c1-3-4-9-17-10-11-18-14-7-5-13(6-8-14)15-12(2)16/h5-8H,3-4,9-11H2,1-2H3,(H,15,16). The molecule has 0 aromatic heterocycles. The van der Waals surface area contributed by atoms with Gasteiger partial charge in [0.15, 0.2) is 0 Å². The Kier molecular flexibility index (Phi) is 6.87. The van der Waals surface area contributed by atoms with Crippen LogP contribution in [-0.4, -0.2) is 25.7 Å².